The second kappa shape index (κ2) is 12.3. The van der Waals surface area contributed by atoms with Gasteiger partial charge in [0.2, 0.25) is 0 Å². The minimum atomic E-state index is 0.584. The third-order valence-corrected chi connectivity index (χ3v) is 7.90. The van der Waals surface area contributed by atoms with E-state index >= 15 is 0 Å². The number of nitrogens with zero attached hydrogens (tertiary/aromatic N) is 4. The molecule has 2 aliphatic rings. The standard InChI is InChI=1S/C27H48N4/c1-6-28-17-18-29(7-2)21-27(19-24-15-13-23(5)14-16-24)30(8-3)22-26-12-10-11-25(20-28)31(26)9-4/h13-16,25-27H,6-12,17-22H2,1-5H3. The largest absolute Gasteiger partial charge is 0.301 e. The zero-order valence-electron chi connectivity index (χ0n) is 21.0. The van der Waals surface area contributed by atoms with Crippen molar-refractivity contribution in [3.63, 3.8) is 0 Å². The second-order valence-electron chi connectivity index (χ2n) is 9.79. The highest BCUT2D eigenvalue weighted by molar-refractivity contribution is 5.22. The van der Waals surface area contributed by atoms with Gasteiger partial charge in [0.25, 0.3) is 0 Å². The minimum Gasteiger partial charge on any atom is -0.301 e. The topological polar surface area (TPSA) is 13.0 Å². The first-order valence-electron chi connectivity index (χ1n) is 13.1. The molecule has 1 aromatic rings. The van der Waals surface area contributed by atoms with Gasteiger partial charge in [0.15, 0.2) is 0 Å². The number of likely N-dealkylation sites (N-methyl/N-ethyl adjacent to an activating group) is 4. The van der Waals surface area contributed by atoms with E-state index in [1.54, 1.807) is 0 Å². The van der Waals surface area contributed by atoms with Gasteiger partial charge >= 0.3 is 0 Å². The number of rotatable bonds is 6. The summed E-state index contributed by atoms with van der Waals surface area (Å²) in [6.45, 7) is 22.3. The van der Waals surface area contributed by atoms with Gasteiger partial charge in [0, 0.05) is 50.8 Å². The van der Waals surface area contributed by atoms with E-state index in [1.807, 2.05) is 0 Å². The van der Waals surface area contributed by atoms with Gasteiger partial charge in [-0.05, 0) is 57.9 Å². The Morgan fingerprint density at radius 1 is 0.742 bits per heavy atom. The first-order valence-corrected chi connectivity index (χ1v) is 13.1. The van der Waals surface area contributed by atoms with Gasteiger partial charge in [0.05, 0.1) is 0 Å². The van der Waals surface area contributed by atoms with Gasteiger partial charge in [-0.2, -0.15) is 0 Å². The lowest BCUT2D eigenvalue weighted by atomic mass is 9.93. The molecular formula is C27H48N4. The third-order valence-electron chi connectivity index (χ3n) is 7.90. The predicted octanol–water partition coefficient (Wildman–Crippen LogP) is 4.13. The fourth-order valence-corrected chi connectivity index (χ4v) is 5.88. The fourth-order valence-electron chi connectivity index (χ4n) is 5.88. The number of fused-ring (bicyclic) bond motifs is 2. The molecule has 1 aromatic carbocycles. The quantitative estimate of drug-likeness (QED) is 0.675. The van der Waals surface area contributed by atoms with Crippen LogP contribution in [0.2, 0.25) is 0 Å². The van der Waals surface area contributed by atoms with Crippen molar-refractivity contribution in [3.8, 4) is 0 Å². The van der Waals surface area contributed by atoms with E-state index < -0.39 is 0 Å². The Morgan fingerprint density at radius 2 is 1.35 bits per heavy atom. The van der Waals surface area contributed by atoms with E-state index in [4.69, 9.17) is 0 Å². The van der Waals surface area contributed by atoms with Crippen LogP contribution in [0.25, 0.3) is 0 Å². The maximum Gasteiger partial charge on any atom is 0.0264 e. The molecule has 0 amide bonds. The molecule has 2 bridgehead atoms. The first-order chi connectivity index (χ1) is 15.1. The van der Waals surface area contributed by atoms with Crippen molar-refractivity contribution >= 4 is 0 Å². The molecule has 0 radical (unpaired) electrons. The number of benzene rings is 1. The highest BCUT2D eigenvalue weighted by Crippen LogP contribution is 2.26. The summed E-state index contributed by atoms with van der Waals surface area (Å²) in [7, 11) is 0. The number of aryl methyl sites for hydroxylation is 1. The van der Waals surface area contributed by atoms with Crippen molar-refractivity contribution in [2.24, 2.45) is 0 Å². The molecule has 4 nitrogen and oxygen atoms in total. The van der Waals surface area contributed by atoms with E-state index in [0.717, 1.165) is 25.6 Å². The Hall–Kier alpha value is -0.940. The van der Waals surface area contributed by atoms with Crippen LogP contribution in [-0.4, -0.2) is 96.6 Å². The minimum absolute atomic E-state index is 0.584. The van der Waals surface area contributed by atoms with E-state index in [1.165, 1.54) is 76.2 Å². The fraction of sp³-hybridized carbons (Fsp3) is 0.778. The molecule has 176 valence electrons. The summed E-state index contributed by atoms with van der Waals surface area (Å²) in [6.07, 6.45) is 5.29. The van der Waals surface area contributed by atoms with Crippen LogP contribution >= 0.6 is 0 Å². The van der Waals surface area contributed by atoms with Crippen molar-refractivity contribution in [2.75, 3.05) is 58.9 Å². The summed E-state index contributed by atoms with van der Waals surface area (Å²) in [5.41, 5.74) is 2.85. The Kier molecular flexibility index (Phi) is 9.83. The molecule has 0 N–H and O–H groups in total. The van der Waals surface area contributed by atoms with Crippen molar-refractivity contribution < 1.29 is 0 Å². The highest BCUT2D eigenvalue weighted by Gasteiger charge is 2.33. The molecule has 3 atom stereocenters. The van der Waals surface area contributed by atoms with Crippen LogP contribution < -0.4 is 0 Å². The molecule has 4 heteroatoms. The zero-order valence-corrected chi connectivity index (χ0v) is 21.0. The molecule has 3 unspecified atom stereocenters. The molecule has 0 spiro atoms. The van der Waals surface area contributed by atoms with Crippen LogP contribution in [0.3, 0.4) is 0 Å². The molecule has 2 saturated heterocycles. The van der Waals surface area contributed by atoms with E-state index in [0.29, 0.717) is 12.1 Å². The van der Waals surface area contributed by atoms with Gasteiger partial charge in [0.1, 0.15) is 0 Å². The summed E-state index contributed by atoms with van der Waals surface area (Å²) >= 11 is 0. The maximum absolute atomic E-state index is 2.86. The highest BCUT2D eigenvalue weighted by atomic mass is 15.3. The Labute approximate surface area is 192 Å². The van der Waals surface area contributed by atoms with Crippen LogP contribution in [-0.2, 0) is 6.42 Å². The summed E-state index contributed by atoms with van der Waals surface area (Å²) in [5.74, 6) is 0. The zero-order chi connectivity index (χ0) is 22.2. The number of hydrogen-bond acceptors (Lipinski definition) is 4. The van der Waals surface area contributed by atoms with Gasteiger partial charge < -0.3 is 9.80 Å². The van der Waals surface area contributed by atoms with Crippen LogP contribution in [0, 0.1) is 6.92 Å². The van der Waals surface area contributed by atoms with Gasteiger partial charge in [-0.1, -0.05) is 63.9 Å². The maximum atomic E-state index is 2.86. The Morgan fingerprint density at radius 3 is 1.94 bits per heavy atom. The van der Waals surface area contributed by atoms with E-state index in [-0.39, 0.29) is 0 Å². The molecule has 0 saturated carbocycles. The van der Waals surface area contributed by atoms with Crippen molar-refractivity contribution in [1.29, 1.82) is 0 Å². The second-order valence-corrected chi connectivity index (χ2v) is 9.79. The molecule has 2 heterocycles. The monoisotopic (exact) mass is 428 g/mol. The average molecular weight is 429 g/mol. The van der Waals surface area contributed by atoms with Gasteiger partial charge in [-0.3, -0.25) is 9.80 Å². The summed E-state index contributed by atoms with van der Waals surface area (Å²) in [5, 5.41) is 0. The molecular weight excluding hydrogens is 380 g/mol. The van der Waals surface area contributed by atoms with Crippen molar-refractivity contribution in [3.05, 3.63) is 35.4 Å². The van der Waals surface area contributed by atoms with Crippen molar-refractivity contribution in [2.45, 2.75) is 78.4 Å². The molecule has 31 heavy (non-hydrogen) atoms. The lowest BCUT2D eigenvalue weighted by molar-refractivity contribution is 0.0198. The average Bonchev–Trinajstić information content (AvgIpc) is 2.79. The Bertz CT molecular complexity index is 631. The lowest BCUT2D eigenvalue weighted by Crippen LogP contribution is -2.58. The molecule has 0 aromatic heterocycles. The first kappa shape index (κ1) is 24.7. The predicted molar refractivity (Wildman–Crippen MR) is 134 cm³/mol. The Balaban J connectivity index is 1.86. The summed E-state index contributed by atoms with van der Waals surface area (Å²) in [4.78, 5) is 11.1. The number of hydrogen-bond donors (Lipinski definition) is 0. The van der Waals surface area contributed by atoms with E-state index in [2.05, 4.69) is 78.5 Å². The molecule has 2 aliphatic heterocycles. The van der Waals surface area contributed by atoms with Crippen LogP contribution in [0.15, 0.2) is 24.3 Å². The number of piperidine rings is 1. The van der Waals surface area contributed by atoms with Crippen LogP contribution in [0.4, 0.5) is 0 Å². The van der Waals surface area contributed by atoms with Gasteiger partial charge in [-0.15, -0.1) is 0 Å². The SMILES string of the molecule is CCN1CCN(CC)CC2CCCC(CN(CC)C(Cc3ccc(C)cc3)C1)N2CC. The molecule has 0 aliphatic carbocycles. The van der Waals surface area contributed by atoms with Crippen LogP contribution in [0.1, 0.15) is 58.1 Å². The van der Waals surface area contributed by atoms with Crippen molar-refractivity contribution in [1.82, 2.24) is 19.6 Å². The van der Waals surface area contributed by atoms with E-state index in [9.17, 15) is 0 Å². The molecule has 3 rings (SSSR count). The van der Waals surface area contributed by atoms with Gasteiger partial charge in [-0.25, -0.2) is 0 Å². The summed E-state index contributed by atoms with van der Waals surface area (Å²) in [6, 6.07) is 11.3. The lowest BCUT2D eigenvalue weighted by Gasteiger charge is -2.47. The smallest absolute Gasteiger partial charge is 0.0264 e. The summed E-state index contributed by atoms with van der Waals surface area (Å²) < 4.78 is 0. The van der Waals surface area contributed by atoms with Crippen LogP contribution in [0.5, 0.6) is 0 Å². The molecule has 2 fully saturated rings. The third kappa shape index (κ3) is 6.77. The normalized spacial score (nSPS) is 28.2.